The summed E-state index contributed by atoms with van der Waals surface area (Å²) >= 11 is 6.05. The zero-order valence-electron chi connectivity index (χ0n) is 9.09. The molecule has 2 rings (SSSR count). The highest BCUT2D eigenvalue weighted by molar-refractivity contribution is 6.31. The van der Waals surface area contributed by atoms with E-state index in [0.717, 1.165) is 17.1 Å². The molecule has 1 aromatic heterocycles. The van der Waals surface area contributed by atoms with E-state index in [9.17, 15) is 0 Å². The number of aromatic nitrogens is 1. The zero-order chi connectivity index (χ0) is 10.7. The maximum atomic E-state index is 6.05. The van der Waals surface area contributed by atoms with Crippen molar-refractivity contribution in [3.05, 3.63) is 29.0 Å². The summed E-state index contributed by atoms with van der Waals surface area (Å²) in [5, 5.41) is 4.36. The summed E-state index contributed by atoms with van der Waals surface area (Å²) in [7, 11) is 0. The summed E-state index contributed by atoms with van der Waals surface area (Å²) in [4.78, 5) is 3.98. The Morgan fingerprint density at radius 3 is 2.87 bits per heavy atom. The highest BCUT2D eigenvalue weighted by atomic mass is 35.5. The molecule has 0 bridgehead atoms. The maximum absolute atomic E-state index is 6.05. The molecule has 1 aliphatic carbocycles. The van der Waals surface area contributed by atoms with Crippen molar-refractivity contribution in [3.8, 4) is 0 Å². The van der Waals surface area contributed by atoms with Crippen LogP contribution in [0, 0.1) is 0 Å². The molecule has 0 saturated heterocycles. The first-order chi connectivity index (χ1) is 7.20. The summed E-state index contributed by atoms with van der Waals surface area (Å²) in [6, 6.07) is 1.98. The Morgan fingerprint density at radius 2 is 2.20 bits per heavy atom. The molecule has 0 atom stereocenters. The third-order valence-electron chi connectivity index (χ3n) is 3.27. The van der Waals surface area contributed by atoms with E-state index in [4.69, 9.17) is 11.6 Å². The Balaban J connectivity index is 1.95. The summed E-state index contributed by atoms with van der Waals surface area (Å²) in [5.74, 6) is 0. The molecule has 1 saturated carbocycles. The monoisotopic (exact) mass is 224 g/mol. The Bertz CT molecular complexity index is 332. The van der Waals surface area contributed by atoms with Crippen LogP contribution in [0.4, 0.5) is 0 Å². The van der Waals surface area contributed by atoms with Crippen molar-refractivity contribution < 1.29 is 0 Å². The van der Waals surface area contributed by atoms with E-state index in [1.807, 2.05) is 6.07 Å². The van der Waals surface area contributed by atoms with Gasteiger partial charge in [-0.2, -0.15) is 0 Å². The van der Waals surface area contributed by atoms with E-state index < -0.39 is 0 Å². The smallest absolute Gasteiger partial charge is 0.0634 e. The van der Waals surface area contributed by atoms with Gasteiger partial charge in [0.2, 0.25) is 0 Å². The Hall–Kier alpha value is -0.600. The van der Waals surface area contributed by atoms with Gasteiger partial charge in [-0.3, -0.25) is 4.98 Å². The molecule has 15 heavy (non-hydrogen) atoms. The largest absolute Gasteiger partial charge is 0.307 e. The summed E-state index contributed by atoms with van der Waals surface area (Å²) in [6.45, 7) is 3.15. The molecule has 1 aliphatic rings. The van der Waals surface area contributed by atoms with E-state index in [2.05, 4.69) is 17.2 Å². The van der Waals surface area contributed by atoms with Crippen LogP contribution in [0.5, 0.6) is 0 Å². The fraction of sp³-hybridized carbons (Fsp3) is 0.583. The molecule has 0 radical (unpaired) electrons. The quantitative estimate of drug-likeness (QED) is 0.853. The van der Waals surface area contributed by atoms with Crippen LogP contribution in [0.25, 0.3) is 0 Å². The van der Waals surface area contributed by atoms with Crippen molar-refractivity contribution in [2.75, 3.05) is 0 Å². The van der Waals surface area contributed by atoms with E-state index in [-0.39, 0.29) is 0 Å². The number of nitrogens with one attached hydrogen (secondary N) is 1. The van der Waals surface area contributed by atoms with E-state index >= 15 is 0 Å². The standard InChI is InChI=1S/C12H17ClN2/c1-12(5-2-3-6-12)15-8-10-4-7-14-9-11(10)13/h4,7,9,15H,2-3,5-6,8H2,1H3. The molecule has 2 nitrogen and oxygen atoms in total. The first kappa shape index (κ1) is 10.9. The van der Waals surface area contributed by atoms with Crippen LogP contribution in [0.2, 0.25) is 5.02 Å². The number of pyridine rings is 1. The van der Waals surface area contributed by atoms with Crippen molar-refractivity contribution in [3.63, 3.8) is 0 Å². The van der Waals surface area contributed by atoms with Crippen molar-refractivity contribution >= 4 is 11.6 Å². The molecular weight excluding hydrogens is 208 g/mol. The minimum Gasteiger partial charge on any atom is -0.307 e. The van der Waals surface area contributed by atoms with Crippen LogP contribution >= 0.6 is 11.6 Å². The molecule has 0 unspecified atom stereocenters. The molecule has 1 aromatic rings. The minimum absolute atomic E-state index is 0.312. The van der Waals surface area contributed by atoms with Crippen molar-refractivity contribution in [1.29, 1.82) is 0 Å². The topological polar surface area (TPSA) is 24.9 Å². The van der Waals surface area contributed by atoms with Gasteiger partial charge < -0.3 is 5.32 Å². The lowest BCUT2D eigenvalue weighted by Crippen LogP contribution is -2.38. The third kappa shape index (κ3) is 2.70. The second-order valence-electron chi connectivity index (χ2n) is 4.59. The fourth-order valence-electron chi connectivity index (χ4n) is 2.19. The molecule has 82 valence electrons. The van der Waals surface area contributed by atoms with Gasteiger partial charge in [-0.1, -0.05) is 24.4 Å². The first-order valence-electron chi connectivity index (χ1n) is 5.53. The molecule has 0 aliphatic heterocycles. The van der Waals surface area contributed by atoms with Gasteiger partial charge in [0.25, 0.3) is 0 Å². The fourth-order valence-corrected chi connectivity index (χ4v) is 2.37. The van der Waals surface area contributed by atoms with Crippen LogP contribution in [0.15, 0.2) is 18.5 Å². The summed E-state index contributed by atoms with van der Waals surface area (Å²) in [6.07, 6.45) is 8.72. The molecule has 3 heteroatoms. The van der Waals surface area contributed by atoms with Gasteiger partial charge in [0.05, 0.1) is 5.02 Å². The molecule has 1 fully saturated rings. The van der Waals surface area contributed by atoms with Crippen LogP contribution in [0.3, 0.4) is 0 Å². The molecule has 0 amide bonds. The zero-order valence-corrected chi connectivity index (χ0v) is 9.85. The lowest BCUT2D eigenvalue weighted by Gasteiger charge is -2.25. The predicted molar refractivity (Wildman–Crippen MR) is 63.0 cm³/mol. The molecule has 1 N–H and O–H groups in total. The minimum atomic E-state index is 0.312. The average Bonchev–Trinajstić information content (AvgIpc) is 2.65. The van der Waals surface area contributed by atoms with Crippen molar-refractivity contribution in [1.82, 2.24) is 10.3 Å². The van der Waals surface area contributed by atoms with Crippen molar-refractivity contribution in [2.24, 2.45) is 0 Å². The van der Waals surface area contributed by atoms with Gasteiger partial charge in [0.15, 0.2) is 0 Å². The van der Waals surface area contributed by atoms with E-state index in [1.54, 1.807) is 12.4 Å². The maximum Gasteiger partial charge on any atom is 0.0634 e. The number of hydrogen-bond acceptors (Lipinski definition) is 2. The molecule has 0 aromatic carbocycles. The van der Waals surface area contributed by atoms with Gasteiger partial charge in [-0.05, 0) is 31.4 Å². The predicted octanol–water partition coefficient (Wildman–Crippen LogP) is 3.16. The number of hydrogen-bond donors (Lipinski definition) is 1. The SMILES string of the molecule is CC1(NCc2ccncc2Cl)CCCC1. The number of nitrogens with zero attached hydrogens (tertiary/aromatic N) is 1. The number of halogens is 1. The highest BCUT2D eigenvalue weighted by Gasteiger charge is 2.27. The Morgan fingerprint density at radius 1 is 1.47 bits per heavy atom. The lowest BCUT2D eigenvalue weighted by molar-refractivity contribution is 0.363. The van der Waals surface area contributed by atoms with Crippen LogP contribution in [-0.2, 0) is 6.54 Å². The molecular formula is C12H17ClN2. The first-order valence-corrected chi connectivity index (χ1v) is 5.91. The van der Waals surface area contributed by atoms with E-state index in [0.29, 0.717) is 5.54 Å². The van der Waals surface area contributed by atoms with Gasteiger partial charge >= 0.3 is 0 Å². The molecule has 1 heterocycles. The average molecular weight is 225 g/mol. The lowest BCUT2D eigenvalue weighted by atomic mass is 10.0. The van der Waals surface area contributed by atoms with Gasteiger partial charge in [-0.15, -0.1) is 0 Å². The van der Waals surface area contributed by atoms with Gasteiger partial charge in [0.1, 0.15) is 0 Å². The summed E-state index contributed by atoms with van der Waals surface area (Å²) in [5.41, 5.74) is 1.45. The summed E-state index contributed by atoms with van der Waals surface area (Å²) < 4.78 is 0. The normalized spacial score (nSPS) is 19.3. The number of rotatable bonds is 3. The van der Waals surface area contributed by atoms with Crippen LogP contribution < -0.4 is 5.32 Å². The molecule has 0 spiro atoms. The highest BCUT2D eigenvalue weighted by Crippen LogP contribution is 2.29. The van der Waals surface area contributed by atoms with Gasteiger partial charge in [0, 0.05) is 24.5 Å². The Labute approximate surface area is 96.1 Å². The third-order valence-corrected chi connectivity index (χ3v) is 3.61. The Kier molecular flexibility index (Phi) is 3.27. The second kappa shape index (κ2) is 4.50. The van der Waals surface area contributed by atoms with E-state index in [1.165, 1.54) is 25.7 Å². The van der Waals surface area contributed by atoms with Gasteiger partial charge in [-0.25, -0.2) is 0 Å². The van der Waals surface area contributed by atoms with Crippen LogP contribution in [-0.4, -0.2) is 10.5 Å². The van der Waals surface area contributed by atoms with Crippen molar-refractivity contribution in [2.45, 2.75) is 44.7 Å². The van der Waals surface area contributed by atoms with Crippen LogP contribution in [0.1, 0.15) is 38.2 Å². The second-order valence-corrected chi connectivity index (χ2v) is 5.00.